The Kier molecular flexibility index (Phi) is 12.1. The second kappa shape index (κ2) is 15.1. The number of benzene rings is 1. The Morgan fingerprint density at radius 2 is 1.68 bits per heavy atom. The molecule has 186 valence electrons. The van der Waals surface area contributed by atoms with E-state index in [1.54, 1.807) is 24.3 Å². The fourth-order valence-corrected chi connectivity index (χ4v) is 3.80. The topological polar surface area (TPSA) is 117 Å². The number of hydrogen-bond acceptors (Lipinski definition) is 5. The smallest absolute Gasteiger partial charge is 0.335 e. The van der Waals surface area contributed by atoms with Gasteiger partial charge in [-0.15, -0.1) is 0 Å². The molecule has 0 spiro atoms. The lowest BCUT2D eigenvalue weighted by molar-refractivity contribution is -0.137. The van der Waals surface area contributed by atoms with Gasteiger partial charge in [-0.3, -0.25) is 9.78 Å². The molecule has 0 radical (unpaired) electrons. The standard InChI is InChI=1S/C27H37NO6/c1-2-3-4-5-6-7-8-9-17-34-25-15-13-22(28-23(25)14-16-26(30)31)19-24(29)20-11-10-12-21(18-20)27(32)33/h10-13,15,18,24,29H,2-9,14,16-17,19H2,1H3,(H,30,31)(H,32,33). The van der Waals surface area contributed by atoms with Gasteiger partial charge in [0.2, 0.25) is 0 Å². The predicted molar refractivity (Wildman–Crippen MR) is 130 cm³/mol. The number of ether oxygens (including phenoxy) is 1. The number of carbonyl (C=O) groups is 2. The molecule has 3 N–H and O–H groups in total. The van der Waals surface area contributed by atoms with Crippen LogP contribution < -0.4 is 4.74 Å². The number of aliphatic carboxylic acids is 1. The van der Waals surface area contributed by atoms with E-state index < -0.39 is 18.0 Å². The molecule has 0 fully saturated rings. The largest absolute Gasteiger partial charge is 0.492 e. The van der Waals surface area contributed by atoms with Crippen molar-refractivity contribution in [3.05, 3.63) is 58.9 Å². The highest BCUT2D eigenvalue weighted by atomic mass is 16.5. The lowest BCUT2D eigenvalue weighted by Crippen LogP contribution is -2.09. The Bertz CT molecular complexity index is 914. The normalized spacial score (nSPS) is 11.8. The van der Waals surface area contributed by atoms with E-state index in [0.717, 1.165) is 12.8 Å². The van der Waals surface area contributed by atoms with Gasteiger partial charge in [-0.25, -0.2) is 4.79 Å². The zero-order valence-corrected chi connectivity index (χ0v) is 20.0. The molecule has 0 saturated carbocycles. The van der Waals surface area contributed by atoms with Gasteiger partial charge in [0.25, 0.3) is 0 Å². The number of aliphatic hydroxyl groups excluding tert-OH is 1. The van der Waals surface area contributed by atoms with Crippen molar-refractivity contribution in [2.75, 3.05) is 6.61 Å². The van der Waals surface area contributed by atoms with Gasteiger partial charge in [-0.05, 0) is 36.2 Å². The Hall–Kier alpha value is -2.93. The zero-order valence-electron chi connectivity index (χ0n) is 20.0. The van der Waals surface area contributed by atoms with Crippen LogP contribution in [0.15, 0.2) is 36.4 Å². The lowest BCUT2D eigenvalue weighted by Gasteiger charge is -2.15. The number of aromatic nitrogens is 1. The third-order valence-corrected chi connectivity index (χ3v) is 5.74. The van der Waals surface area contributed by atoms with Gasteiger partial charge in [-0.2, -0.15) is 0 Å². The molecule has 7 heteroatoms. The number of rotatable bonds is 17. The van der Waals surface area contributed by atoms with Crippen molar-refractivity contribution < 1.29 is 29.6 Å². The summed E-state index contributed by atoms with van der Waals surface area (Å²) in [4.78, 5) is 26.8. The van der Waals surface area contributed by atoms with Gasteiger partial charge in [0.15, 0.2) is 0 Å². The molecule has 0 aliphatic carbocycles. The minimum atomic E-state index is -1.05. The molecule has 0 saturated heterocycles. The quantitative estimate of drug-likeness (QED) is 0.257. The first-order chi connectivity index (χ1) is 16.4. The predicted octanol–water partition coefficient (Wildman–Crippen LogP) is 5.59. The Balaban J connectivity index is 1.95. The molecule has 34 heavy (non-hydrogen) atoms. The summed E-state index contributed by atoms with van der Waals surface area (Å²) >= 11 is 0. The summed E-state index contributed by atoms with van der Waals surface area (Å²) in [5, 5.41) is 28.8. The van der Waals surface area contributed by atoms with Gasteiger partial charge in [0, 0.05) is 18.5 Å². The van der Waals surface area contributed by atoms with Crippen LogP contribution in [0.1, 0.15) is 98.1 Å². The molecule has 2 rings (SSSR count). The van der Waals surface area contributed by atoms with Crippen LogP contribution in [0.2, 0.25) is 0 Å². The molecule has 1 aromatic carbocycles. The van der Waals surface area contributed by atoms with E-state index in [1.165, 1.54) is 50.7 Å². The molecule has 2 aromatic rings. The molecule has 1 unspecified atom stereocenters. The number of aliphatic hydroxyl groups is 1. The number of pyridine rings is 1. The van der Waals surface area contributed by atoms with Crippen LogP contribution in [0.5, 0.6) is 5.75 Å². The number of aryl methyl sites for hydroxylation is 1. The molecular weight excluding hydrogens is 434 g/mol. The first kappa shape index (κ1) is 27.3. The van der Waals surface area contributed by atoms with Crippen molar-refractivity contribution in [3.63, 3.8) is 0 Å². The second-order valence-electron chi connectivity index (χ2n) is 8.62. The average molecular weight is 472 g/mol. The summed E-state index contributed by atoms with van der Waals surface area (Å²) in [7, 11) is 0. The molecule has 7 nitrogen and oxygen atoms in total. The van der Waals surface area contributed by atoms with E-state index in [0.29, 0.717) is 29.3 Å². The van der Waals surface area contributed by atoms with E-state index in [1.807, 2.05) is 0 Å². The molecule has 1 heterocycles. The number of hydrogen-bond donors (Lipinski definition) is 3. The Morgan fingerprint density at radius 1 is 0.971 bits per heavy atom. The van der Waals surface area contributed by atoms with E-state index in [2.05, 4.69) is 11.9 Å². The van der Waals surface area contributed by atoms with E-state index in [4.69, 9.17) is 14.9 Å². The van der Waals surface area contributed by atoms with Gasteiger partial charge >= 0.3 is 11.9 Å². The molecule has 0 amide bonds. The van der Waals surface area contributed by atoms with E-state index in [-0.39, 0.29) is 24.8 Å². The van der Waals surface area contributed by atoms with Crippen LogP contribution in [-0.4, -0.2) is 38.8 Å². The Morgan fingerprint density at radius 3 is 2.35 bits per heavy atom. The SMILES string of the molecule is CCCCCCCCCCOc1ccc(CC(O)c2cccc(C(=O)O)c2)nc1CCC(=O)O. The number of unbranched alkanes of at least 4 members (excludes halogenated alkanes) is 7. The first-order valence-corrected chi connectivity index (χ1v) is 12.3. The number of aromatic carboxylic acids is 1. The van der Waals surface area contributed by atoms with Crippen LogP contribution in [0, 0.1) is 0 Å². The van der Waals surface area contributed by atoms with Crippen LogP contribution in [0.25, 0.3) is 0 Å². The van der Waals surface area contributed by atoms with Crippen molar-refractivity contribution in [2.45, 2.75) is 83.7 Å². The summed E-state index contributed by atoms with van der Waals surface area (Å²) in [6.45, 7) is 2.77. The van der Waals surface area contributed by atoms with Crippen molar-refractivity contribution in [1.29, 1.82) is 0 Å². The third-order valence-electron chi connectivity index (χ3n) is 5.74. The third kappa shape index (κ3) is 9.91. The van der Waals surface area contributed by atoms with Gasteiger partial charge in [0.1, 0.15) is 5.75 Å². The van der Waals surface area contributed by atoms with Crippen LogP contribution in [0.4, 0.5) is 0 Å². The molecule has 0 aliphatic heterocycles. The van der Waals surface area contributed by atoms with Gasteiger partial charge in [-0.1, -0.05) is 64.0 Å². The number of nitrogens with zero attached hydrogens (tertiary/aromatic N) is 1. The zero-order chi connectivity index (χ0) is 24.8. The summed E-state index contributed by atoms with van der Waals surface area (Å²) < 4.78 is 5.92. The monoisotopic (exact) mass is 471 g/mol. The summed E-state index contributed by atoms with van der Waals surface area (Å²) in [6, 6.07) is 9.72. The second-order valence-corrected chi connectivity index (χ2v) is 8.62. The van der Waals surface area contributed by atoms with Gasteiger partial charge < -0.3 is 20.1 Å². The first-order valence-electron chi connectivity index (χ1n) is 12.3. The maximum Gasteiger partial charge on any atom is 0.335 e. The van der Waals surface area contributed by atoms with Crippen molar-refractivity contribution >= 4 is 11.9 Å². The maximum atomic E-state index is 11.2. The molecule has 0 aliphatic rings. The highest BCUT2D eigenvalue weighted by Gasteiger charge is 2.15. The fraction of sp³-hybridized carbons (Fsp3) is 0.519. The van der Waals surface area contributed by atoms with Crippen LogP contribution in [0.3, 0.4) is 0 Å². The lowest BCUT2D eigenvalue weighted by atomic mass is 10.0. The van der Waals surface area contributed by atoms with Crippen LogP contribution >= 0.6 is 0 Å². The summed E-state index contributed by atoms with van der Waals surface area (Å²) in [5.74, 6) is -1.39. The average Bonchev–Trinajstić information content (AvgIpc) is 2.82. The van der Waals surface area contributed by atoms with Crippen molar-refractivity contribution in [1.82, 2.24) is 4.98 Å². The van der Waals surface area contributed by atoms with Gasteiger partial charge in [0.05, 0.1) is 30.4 Å². The fourth-order valence-electron chi connectivity index (χ4n) is 3.80. The molecule has 0 bridgehead atoms. The molecule has 1 aromatic heterocycles. The molecular formula is C27H37NO6. The van der Waals surface area contributed by atoms with Crippen molar-refractivity contribution in [3.8, 4) is 5.75 Å². The van der Waals surface area contributed by atoms with Crippen LogP contribution in [-0.2, 0) is 17.6 Å². The molecule has 1 atom stereocenters. The maximum absolute atomic E-state index is 11.2. The summed E-state index contributed by atoms with van der Waals surface area (Å²) in [5.41, 5.74) is 1.75. The highest BCUT2D eigenvalue weighted by Crippen LogP contribution is 2.24. The minimum absolute atomic E-state index is 0.0617. The van der Waals surface area contributed by atoms with Crippen molar-refractivity contribution in [2.24, 2.45) is 0 Å². The van der Waals surface area contributed by atoms with E-state index >= 15 is 0 Å². The Labute approximate surface area is 201 Å². The highest BCUT2D eigenvalue weighted by molar-refractivity contribution is 5.87. The minimum Gasteiger partial charge on any atom is -0.492 e. The summed E-state index contributed by atoms with van der Waals surface area (Å²) in [6.07, 6.45) is 9.05. The van der Waals surface area contributed by atoms with E-state index in [9.17, 15) is 14.7 Å². The number of carboxylic acids is 2. The number of carboxylic acid groups (broad SMARTS) is 2.